The number of benzene rings is 1. The monoisotopic (exact) mass is 345 g/mol. The predicted octanol–water partition coefficient (Wildman–Crippen LogP) is 3.18. The molecule has 0 aliphatic rings. The first-order valence-electron chi connectivity index (χ1n) is 7.82. The summed E-state index contributed by atoms with van der Waals surface area (Å²) >= 11 is 6.15. The number of nitrogens with one attached hydrogen (secondary N) is 2. The number of hydrogen-bond acceptors (Lipinski definition) is 4. The zero-order valence-corrected chi connectivity index (χ0v) is 14.7. The van der Waals surface area contributed by atoms with Gasteiger partial charge in [0.05, 0.1) is 11.7 Å². The van der Waals surface area contributed by atoms with E-state index in [0.29, 0.717) is 23.5 Å². The van der Waals surface area contributed by atoms with Crippen molar-refractivity contribution in [1.29, 1.82) is 0 Å². The average Bonchev–Trinajstić information content (AvgIpc) is 2.94. The van der Waals surface area contributed by atoms with Gasteiger partial charge >= 0.3 is 0 Å². The maximum absolute atomic E-state index is 12.2. The molecule has 0 bridgehead atoms. The normalized spacial score (nSPS) is 11.8. The Hall–Kier alpha value is -2.34. The molecule has 1 aromatic carbocycles. The van der Waals surface area contributed by atoms with Crippen molar-refractivity contribution in [3.8, 4) is 0 Å². The third-order valence-corrected chi connectivity index (χ3v) is 4.09. The molecule has 0 aliphatic heterocycles. The van der Waals surface area contributed by atoms with E-state index >= 15 is 0 Å². The Bertz CT molecular complexity index is 923. The van der Waals surface area contributed by atoms with Crippen LogP contribution in [0.25, 0.3) is 11.0 Å². The first-order chi connectivity index (χ1) is 11.4. The molecule has 0 spiro atoms. The van der Waals surface area contributed by atoms with Crippen LogP contribution in [0.1, 0.15) is 26.3 Å². The highest BCUT2D eigenvalue weighted by atomic mass is 35.5. The number of aromatic amines is 1. The minimum Gasteiger partial charge on any atom is -0.355 e. The highest BCUT2D eigenvalue weighted by molar-refractivity contribution is 6.31. The summed E-state index contributed by atoms with van der Waals surface area (Å²) in [6.45, 7) is 6.67. The van der Waals surface area contributed by atoms with Crippen LogP contribution in [0.3, 0.4) is 0 Å². The Kier molecular flexibility index (Phi) is 4.32. The number of hydrogen-bond donors (Lipinski definition) is 2. The van der Waals surface area contributed by atoms with Gasteiger partial charge in [0.25, 0.3) is 5.56 Å². The lowest BCUT2D eigenvalue weighted by atomic mass is 10.1. The number of H-pyrrole nitrogens is 1. The summed E-state index contributed by atoms with van der Waals surface area (Å²) in [7, 11) is 0. The summed E-state index contributed by atoms with van der Waals surface area (Å²) < 4.78 is 1.76. The first kappa shape index (κ1) is 16.5. The number of anilines is 1. The van der Waals surface area contributed by atoms with Crippen molar-refractivity contribution in [3.63, 3.8) is 0 Å². The lowest BCUT2D eigenvalue weighted by Crippen LogP contribution is -2.24. The van der Waals surface area contributed by atoms with Crippen molar-refractivity contribution in [1.82, 2.24) is 19.7 Å². The predicted molar refractivity (Wildman–Crippen MR) is 96.8 cm³/mol. The number of halogens is 1. The summed E-state index contributed by atoms with van der Waals surface area (Å²) in [6, 6.07) is 7.71. The molecular formula is C17H20ClN5O. The van der Waals surface area contributed by atoms with E-state index in [4.69, 9.17) is 11.6 Å². The molecule has 2 aromatic heterocycles. The van der Waals surface area contributed by atoms with E-state index in [0.717, 1.165) is 17.0 Å². The van der Waals surface area contributed by atoms with Crippen LogP contribution in [0.4, 0.5) is 5.95 Å². The third kappa shape index (κ3) is 3.28. The summed E-state index contributed by atoms with van der Waals surface area (Å²) in [5.74, 6) is 0.436. The minimum atomic E-state index is -0.253. The van der Waals surface area contributed by atoms with Crippen molar-refractivity contribution in [2.45, 2.75) is 32.7 Å². The Morgan fingerprint density at radius 2 is 2.04 bits per heavy atom. The van der Waals surface area contributed by atoms with Gasteiger partial charge in [-0.25, -0.2) is 4.68 Å². The molecule has 0 radical (unpaired) electrons. The molecular weight excluding hydrogens is 326 g/mol. The number of aromatic nitrogens is 4. The zero-order chi connectivity index (χ0) is 17.3. The first-order valence-corrected chi connectivity index (χ1v) is 8.20. The van der Waals surface area contributed by atoms with Crippen LogP contribution < -0.4 is 10.9 Å². The van der Waals surface area contributed by atoms with Crippen LogP contribution in [0.15, 0.2) is 35.3 Å². The fourth-order valence-corrected chi connectivity index (χ4v) is 2.74. The molecule has 2 N–H and O–H groups in total. The lowest BCUT2D eigenvalue weighted by molar-refractivity contribution is 0.366. The van der Waals surface area contributed by atoms with Crippen molar-refractivity contribution >= 4 is 28.6 Å². The molecule has 0 fully saturated rings. The molecule has 3 rings (SSSR count). The Balaban J connectivity index is 1.83. The summed E-state index contributed by atoms with van der Waals surface area (Å²) in [5.41, 5.74) is 1.18. The Morgan fingerprint density at radius 1 is 1.29 bits per heavy atom. The van der Waals surface area contributed by atoms with Gasteiger partial charge in [0.2, 0.25) is 5.95 Å². The Labute approximate surface area is 144 Å². The van der Waals surface area contributed by atoms with Crippen molar-refractivity contribution in [2.24, 2.45) is 0 Å². The molecule has 0 saturated carbocycles. The molecule has 24 heavy (non-hydrogen) atoms. The minimum absolute atomic E-state index is 0.198. The largest absolute Gasteiger partial charge is 0.355 e. The van der Waals surface area contributed by atoms with Gasteiger partial charge in [0.15, 0.2) is 5.65 Å². The van der Waals surface area contributed by atoms with Crippen LogP contribution in [-0.4, -0.2) is 26.3 Å². The van der Waals surface area contributed by atoms with Gasteiger partial charge in [0, 0.05) is 11.6 Å². The third-order valence-electron chi connectivity index (χ3n) is 3.72. The molecule has 6 nitrogen and oxygen atoms in total. The fourth-order valence-electron chi connectivity index (χ4n) is 2.51. The molecule has 3 aromatic rings. The van der Waals surface area contributed by atoms with E-state index < -0.39 is 0 Å². The molecule has 0 unspecified atom stereocenters. The molecule has 0 atom stereocenters. The van der Waals surface area contributed by atoms with Crippen LogP contribution in [0, 0.1) is 0 Å². The molecule has 2 heterocycles. The van der Waals surface area contributed by atoms with Crippen molar-refractivity contribution < 1.29 is 0 Å². The molecule has 7 heteroatoms. The topological polar surface area (TPSA) is 75.6 Å². The van der Waals surface area contributed by atoms with Crippen molar-refractivity contribution in [2.75, 3.05) is 11.9 Å². The average molecular weight is 346 g/mol. The molecule has 0 amide bonds. The van der Waals surface area contributed by atoms with Gasteiger partial charge in [-0.3, -0.25) is 9.78 Å². The molecule has 126 valence electrons. The van der Waals surface area contributed by atoms with Crippen LogP contribution in [0.2, 0.25) is 5.02 Å². The second kappa shape index (κ2) is 6.28. The smallest absolute Gasteiger partial charge is 0.263 e. The van der Waals surface area contributed by atoms with E-state index in [1.165, 1.54) is 0 Å². The van der Waals surface area contributed by atoms with Gasteiger partial charge in [-0.05, 0) is 38.8 Å². The summed E-state index contributed by atoms with van der Waals surface area (Å²) in [5, 5.41) is 8.68. The quantitative estimate of drug-likeness (QED) is 0.761. The van der Waals surface area contributed by atoms with Gasteiger partial charge < -0.3 is 5.32 Å². The van der Waals surface area contributed by atoms with Gasteiger partial charge in [-0.1, -0.05) is 29.8 Å². The molecule has 0 saturated heterocycles. The van der Waals surface area contributed by atoms with Crippen LogP contribution in [0.5, 0.6) is 0 Å². The maximum Gasteiger partial charge on any atom is 0.263 e. The van der Waals surface area contributed by atoms with Gasteiger partial charge in [-0.2, -0.15) is 10.1 Å². The second-order valence-corrected chi connectivity index (χ2v) is 7.05. The van der Waals surface area contributed by atoms with Crippen molar-refractivity contribution in [3.05, 3.63) is 51.4 Å². The number of nitrogens with zero attached hydrogens (tertiary/aromatic N) is 3. The number of fused-ring (bicyclic) bond motifs is 1. The SMILES string of the molecule is CC(C)(C)n1ncc2c(=O)[nH]c(NCCc3ccccc3Cl)nc21. The van der Waals surface area contributed by atoms with Crippen LogP contribution >= 0.6 is 11.6 Å². The summed E-state index contributed by atoms with van der Waals surface area (Å²) in [4.78, 5) is 19.5. The lowest BCUT2D eigenvalue weighted by Gasteiger charge is -2.19. The van der Waals surface area contributed by atoms with E-state index in [-0.39, 0.29) is 11.1 Å². The summed E-state index contributed by atoms with van der Waals surface area (Å²) in [6.07, 6.45) is 2.29. The standard InChI is InChI=1S/C17H20ClN5O/c1-17(2,3)23-14-12(10-20-23)15(24)22-16(21-14)19-9-8-11-6-4-5-7-13(11)18/h4-7,10H,8-9H2,1-3H3,(H2,19,21,22,24). The van der Waals surface area contributed by atoms with E-state index in [9.17, 15) is 4.79 Å². The van der Waals surface area contributed by atoms with Crippen LogP contribution in [-0.2, 0) is 12.0 Å². The van der Waals surface area contributed by atoms with Gasteiger partial charge in [0.1, 0.15) is 5.39 Å². The second-order valence-electron chi connectivity index (χ2n) is 6.65. The maximum atomic E-state index is 12.2. The fraction of sp³-hybridized carbons (Fsp3) is 0.353. The van der Waals surface area contributed by atoms with E-state index in [2.05, 4.69) is 20.4 Å². The van der Waals surface area contributed by atoms with Gasteiger partial charge in [-0.15, -0.1) is 0 Å². The Morgan fingerprint density at radius 3 is 2.75 bits per heavy atom. The molecule has 0 aliphatic carbocycles. The van der Waals surface area contributed by atoms with E-state index in [1.54, 1.807) is 10.9 Å². The highest BCUT2D eigenvalue weighted by Crippen LogP contribution is 2.19. The van der Waals surface area contributed by atoms with E-state index in [1.807, 2.05) is 45.0 Å². The number of rotatable bonds is 4. The highest BCUT2D eigenvalue weighted by Gasteiger charge is 2.19. The zero-order valence-electron chi connectivity index (χ0n) is 13.9.